The molecule has 0 atom stereocenters. The van der Waals surface area contributed by atoms with Crippen molar-refractivity contribution in [2.45, 2.75) is 39.5 Å². The molecule has 1 saturated heterocycles. The van der Waals surface area contributed by atoms with Gasteiger partial charge in [-0.05, 0) is 30.4 Å². The van der Waals surface area contributed by atoms with Crippen molar-refractivity contribution in [2.75, 3.05) is 23.7 Å². The predicted octanol–water partition coefficient (Wildman–Crippen LogP) is 2.94. The Bertz CT molecular complexity index is 475. The van der Waals surface area contributed by atoms with Gasteiger partial charge in [0.15, 0.2) is 5.69 Å². The lowest BCUT2D eigenvalue weighted by atomic mass is 9.74. The molecule has 1 aromatic heterocycles. The average molecular weight is 258 g/mol. The zero-order valence-corrected chi connectivity index (χ0v) is 11.8. The van der Waals surface area contributed by atoms with Crippen LogP contribution in [0.2, 0.25) is 0 Å². The molecule has 1 fully saturated rings. The third-order valence-corrected chi connectivity index (χ3v) is 4.67. The Kier molecular flexibility index (Phi) is 3.94. The van der Waals surface area contributed by atoms with E-state index < -0.39 is 0 Å². The van der Waals surface area contributed by atoms with Crippen LogP contribution in [0.3, 0.4) is 0 Å². The zero-order chi connectivity index (χ0) is 13.9. The molecule has 1 aliphatic rings. The number of aromatic nitrogens is 1. The number of anilines is 2. The summed E-state index contributed by atoms with van der Waals surface area (Å²) in [5, 5.41) is 8.99. The summed E-state index contributed by atoms with van der Waals surface area (Å²) in [6.07, 6.45) is 4.90. The second-order valence-electron chi connectivity index (χ2n) is 5.41. The summed E-state index contributed by atoms with van der Waals surface area (Å²) in [6, 6.07) is 5.75. The number of hydrogen-bond donors (Lipinski definition) is 1. The van der Waals surface area contributed by atoms with Crippen molar-refractivity contribution in [3.05, 3.63) is 17.8 Å². The van der Waals surface area contributed by atoms with E-state index in [1.165, 1.54) is 25.7 Å². The number of nitrogens with two attached hydrogens (primary N) is 1. The van der Waals surface area contributed by atoms with Gasteiger partial charge in [-0.3, -0.25) is 0 Å². The molecule has 0 bridgehead atoms. The van der Waals surface area contributed by atoms with Crippen LogP contribution in [0.15, 0.2) is 12.1 Å². The van der Waals surface area contributed by atoms with Gasteiger partial charge in [0.2, 0.25) is 0 Å². The van der Waals surface area contributed by atoms with Gasteiger partial charge in [-0.25, -0.2) is 4.98 Å². The summed E-state index contributed by atoms with van der Waals surface area (Å²) in [4.78, 5) is 6.62. The first-order chi connectivity index (χ1) is 9.14. The lowest BCUT2D eigenvalue weighted by Gasteiger charge is -2.41. The second kappa shape index (κ2) is 5.48. The van der Waals surface area contributed by atoms with Crippen LogP contribution in [0.4, 0.5) is 11.5 Å². The van der Waals surface area contributed by atoms with E-state index in [4.69, 9.17) is 11.0 Å². The monoisotopic (exact) mass is 258 g/mol. The highest BCUT2D eigenvalue weighted by atomic mass is 15.2. The molecule has 1 aliphatic heterocycles. The fraction of sp³-hybridized carbons (Fsp3) is 0.600. The molecule has 0 amide bonds. The van der Waals surface area contributed by atoms with Crippen LogP contribution < -0.4 is 10.6 Å². The van der Waals surface area contributed by atoms with Crippen LogP contribution in [-0.4, -0.2) is 18.1 Å². The van der Waals surface area contributed by atoms with Crippen LogP contribution in [0.1, 0.15) is 45.2 Å². The Morgan fingerprint density at radius 1 is 1.32 bits per heavy atom. The smallest absolute Gasteiger partial charge is 0.165 e. The van der Waals surface area contributed by atoms with Gasteiger partial charge in [0.05, 0.1) is 5.69 Å². The third kappa shape index (κ3) is 2.65. The summed E-state index contributed by atoms with van der Waals surface area (Å²) in [5.74, 6) is 0.881. The van der Waals surface area contributed by atoms with Crippen LogP contribution in [0.25, 0.3) is 0 Å². The topological polar surface area (TPSA) is 65.9 Å². The largest absolute Gasteiger partial charge is 0.396 e. The van der Waals surface area contributed by atoms with Gasteiger partial charge in [0, 0.05) is 13.1 Å². The molecular formula is C15H22N4. The normalized spacial score (nSPS) is 18.1. The van der Waals surface area contributed by atoms with Crippen LogP contribution in [-0.2, 0) is 0 Å². The summed E-state index contributed by atoms with van der Waals surface area (Å²) < 4.78 is 0. The Labute approximate surface area is 115 Å². The SMILES string of the molecule is CCC1(CC)CCN(c2ccc(N)c(C#N)n2)CC1. The molecule has 19 heavy (non-hydrogen) atoms. The number of piperidine rings is 1. The minimum Gasteiger partial charge on any atom is -0.396 e. The molecule has 0 aromatic carbocycles. The van der Waals surface area contributed by atoms with E-state index in [0.717, 1.165) is 18.9 Å². The average Bonchev–Trinajstić information content (AvgIpc) is 2.48. The summed E-state index contributed by atoms with van der Waals surface area (Å²) >= 11 is 0. The van der Waals surface area contributed by atoms with E-state index in [-0.39, 0.29) is 0 Å². The summed E-state index contributed by atoms with van der Waals surface area (Å²) in [7, 11) is 0. The molecule has 2 heterocycles. The molecule has 0 aliphatic carbocycles. The maximum atomic E-state index is 8.99. The van der Waals surface area contributed by atoms with Crippen molar-refractivity contribution in [3.63, 3.8) is 0 Å². The molecule has 0 unspecified atom stereocenters. The zero-order valence-electron chi connectivity index (χ0n) is 11.8. The van der Waals surface area contributed by atoms with Crippen molar-refractivity contribution in [2.24, 2.45) is 5.41 Å². The summed E-state index contributed by atoms with van der Waals surface area (Å²) in [6.45, 7) is 6.61. The van der Waals surface area contributed by atoms with Gasteiger partial charge >= 0.3 is 0 Å². The quantitative estimate of drug-likeness (QED) is 0.905. The Morgan fingerprint density at radius 2 is 1.95 bits per heavy atom. The van der Waals surface area contributed by atoms with Gasteiger partial charge in [0.25, 0.3) is 0 Å². The number of rotatable bonds is 3. The number of hydrogen-bond acceptors (Lipinski definition) is 4. The fourth-order valence-corrected chi connectivity index (χ4v) is 2.89. The third-order valence-electron chi connectivity index (χ3n) is 4.67. The molecule has 0 saturated carbocycles. The lowest BCUT2D eigenvalue weighted by molar-refractivity contribution is 0.199. The number of pyridine rings is 1. The van der Waals surface area contributed by atoms with Crippen LogP contribution >= 0.6 is 0 Å². The van der Waals surface area contributed by atoms with Gasteiger partial charge < -0.3 is 10.6 Å². The van der Waals surface area contributed by atoms with Gasteiger partial charge in [-0.15, -0.1) is 0 Å². The lowest BCUT2D eigenvalue weighted by Crippen LogP contribution is -2.40. The Balaban J connectivity index is 2.12. The number of nitrogen functional groups attached to an aromatic ring is 1. The molecule has 1 aromatic rings. The van der Waals surface area contributed by atoms with E-state index in [1.807, 2.05) is 6.07 Å². The first-order valence-electron chi connectivity index (χ1n) is 7.05. The highest BCUT2D eigenvalue weighted by molar-refractivity contribution is 5.55. The van der Waals surface area contributed by atoms with Crippen molar-refractivity contribution < 1.29 is 0 Å². The van der Waals surface area contributed by atoms with E-state index in [0.29, 0.717) is 16.8 Å². The maximum absolute atomic E-state index is 8.99. The first-order valence-corrected chi connectivity index (χ1v) is 7.05. The van der Waals surface area contributed by atoms with Crippen LogP contribution in [0, 0.1) is 16.7 Å². The molecule has 0 spiro atoms. The second-order valence-corrected chi connectivity index (χ2v) is 5.41. The van der Waals surface area contributed by atoms with E-state index in [1.54, 1.807) is 6.07 Å². The highest BCUT2D eigenvalue weighted by Gasteiger charge is 2.31. The van der Waals surface area contributed by atoms with E-state index in [9.17, 15) is 0 Å². The van der Waals surface area contributed by atoms with Gasteiger partial charge in [-0.1, -0.05) is 26.7 Å². The molecule has 102 valence electrons. The molecule has 2 N–H and O–H groups in total. The molecule has 4 nitrogen and oxygen atoms in total. The molecule has 2 rings (SSSR count). The van der Waals surface area contributed by atoms with E-state index in [2.05, 4.69) is 29.8 Å². The highest BCUT2D eigenvalue weighted by Crippen LogP contribution is 2.38. The minimum atomic E-state index is 0.334. The van der Waals surface area contributed by atoms with Crippen molar-refractivity contribution in [1.82, 2.24) is 4.98 Å². The van der Waals surface area contributed by atoms with Gasteiger partial charge in [-0.2, -0.15) is 5.26 Å². The predicted molar refractivity (Wildman–Crippen MR) is 77.8 cm³/mol. The maximum Gasteiger partial charge on any atom is 0.165 e. The minimum absolute atomic E-state index is 0.334. The molecule has 0 radical (unpaired) electrons. The fourth-order valence-electron chi connectivity index (χ4n) is 2.89. The van der Waals surface area contributed by atoms with Crippen LogP contribution in [0.5, 0.6) is 0 Å². The Hall–Kier alpha value is -1.76. The Morgan fingerprint density at radius 3 is 2.47 bits per heavy atom. The molecule has 4 heteroatoms. The number of nitriles is 1. The summed E-state index contributed by atoms with van der Waals surface area (Å²) in [5.41, 5.74) is 7.01. The first kappa shape index (κ1) is 13.7. The standard InChI is InChI=1S/C15H22N4/c1-3-15(4-2)7-9-19(10-8-15)14-6-5-12(17)13(11-16)18-14/h5-6H,3-4,7-10,17H2,1-2H3. The molecular weight excluding hydrogens is 236 g/mol. The van der Waals surface area contributed by atoms with Crippen molar-refractivity contribution >= 4 is 11.5 Å². The van der Waals surface area contributed by atoms with Gasteiger partial charge in [0.1, 0.15) is 11.9 Å². The van der Waals surface area contributed by atoms with Crippen molar-refractivity contribution in [3.8, 4) is 6.07 Å². The number of nitrogens with zero attached hydrogens (tertiary/aromatic N) is 3. The van der Waals surface area contributed by atoms with E-state index >= 15 is 0 Å². The van der Waals surface area contributed by atoms with Crippen molar-refractivity contribution in [1.29, 1.82) is 5.26 Å².